The Kier molecular flexibility index (Phi) is 3.31. The fraction of sp³-hybridized carbons (Fsp3) is 0.333. The van der Waals surface area contributed by atoms with Crippen LogP contribution in [0.5, 0.6) is 0 Å². The monoisotopic (exact) mass is 233 g/mol. The molecule has 2 aromatic rings. The molecule has 0 aliphatic rings. The van der Waals surface area contributed by atoms with Crippen molar-refractivity contribution in [2.24, 2.45) is 11.7 Å². The molecule has 0 aliphatic heterocycles. The van der Waals surface area contributed by atoms with E-state index in [1.54, 1.807) is 17.5 Å². The maximum absolute atomic E-state index is 6.06. The highest BCUT2D eigenvalue weighted by atomic mass is 32.1. The number of hydrogen-bond donors (Lipinski definition) is 1. The lowest BCUT2D eigenvalue weighted by Crippen LogP contribution is -2.16. The first-order valence-corrected chi connectivity index (χ1v) is 6.19. The SMILES string of the molecule is CC(C)C(N)c1nc(-c2ccccn2)cs1. The zero-order valence-corrected chi connectivity index (χ0v) is 10.2. The first-order chi connectivity index (χ1) is 7.68. The average molecular weight is 233 g/mol. The van der Waals surface area contributed by atoms with Gasteiger partial charge in [0.2, 0.25) is 0 Å². The molecule has 2 N–H and O–H groups in total. The van der Waals surface area contributed by atoms with Crippen LogP contribution in [0.3, 0.4) is 0 Å². The van der Waals surface area contributed by atoms with E-state index in [1.165, 1.54) is 0 Å². The molecule has 1 atom stereocenters. The van der Waals surface area contributed by atoms with E-state index in [-0.39, 0.29) is 6.04 Å². The van der Waals surface area contributed by atoms with Crippen LogP contribution in [-0.4, -0.2) is 9.97 Å². The Hall–Kier alpha value is -1.26. The molecule has 0 aliphatic carbocycles. The lowest BCUT2D eigenvalue weighted by molar-refractivity contribution is 0.512. The van der Waals surface area contributed by atoms with Gasteiger partial charge in [-0.25, -0.2) is 4.98 Å². The molecule has 3 nitrogen and oxygen atoms in total. The van der Waals surface area contributed by atoms with E-state index in [2.05, 4.69) is 23.8 Å². The zero-order valence-electron chi connectivity index (χ0n) is 9.42. The van der Waals surface area contributed by atoms with Crippen LogP contribution in [0.15, 0.2) is 29.8 Å². The Morgan fingerprint density at radius 1 is 1.25 bits per heavy atom. The zero-order chi connectivity index (χ0) is 11.5. The minimum Gasteiger partial charge on any atom is -0.322 e. The summed E-state index contributed by atoms with van der Waals surface area (Å²) in [7, 11) is 0. The molecule has 0 aromatic carbocycles. The fourth-order valence-corrected chi connectivity index (χ4v) is 2.34. The summed E-state index contributed by atoms with van der Waals surface area (Å²) in [6, 6.07) is 5.84. The van der Waals surface area contributed by atoms with Crippen molar-refractivity contribution in [3.05, 3.63) is 34.8 Å². The molecule has 0 bridgehead atoms. The molecule has 16 heavy (non-hydrogen) atoms. The van der Waals surface area contributed by atoms with Gasteiger partial charge in [-0.3, -0.25) is 4.98 Å². The van der Waals surface area contributed by atoms with Gasteiger partial charge in [0, 0.05) is 11.6 Å². The summed E-state index contributed by atoms with van der Waals surface area (Å²) in [5.41, 5.74) is 7.87. The first-order valence-electron chi connectivity index (χ1n) is 5.31. The molecule has 2 aromatic heterocycles. The summed E-state index contributed by atoms with van der Waals surface area (Å²) in [5.74, 6) is 0.405. The molecule has 84 valence electrons. The molecular formula is C12H15N3S. The third kappa shape index (κ3) is 2.28. The molecule has 1 unspecified atom stereocenters. The third-order valence-corrected chi connectivity index (χ3v) is 3.40. The van der Waals surface area contributed by atoms with Crippen LogP contribution in [0.1, 0.15) is 24.9 Å². The van der Waals surface area contributed by atoms with Crippen molar-refractivity contribution in [1.82, 2.24) is 9.97 Å². The van der Waals surface area contributed by atoms with Crippen molar-refractivity contribution >= 4 is 11.3 Å². The Labute approximate surface area is 99.4 Å². The van der Waals surface area contributed by atoms with Crippen LogP contribution in [0.4, 0.5) is 0 Å². The maximum atomic E-state index is 6.06. The third-order valence-electron chi connectivity index (χ3n) is 2.45. The highest BCUT2D eigenvalue weighted by Crippen LogP contribution is 2.26. The largest absolute Gasteiger partial charge is 0.322 e. The number of hydrogen-bond acceptors (Lipinski definition) is 4. The van der Waals surface area contributed by atoms with Gasteiger partial charge < -0.3 is 5.73 Å². The molecule has 0 radical (unpaired) electrons. The summed E-state index contributed by atoms with van der Waals surface area (Å²) in [6.45, 7) is 4.21. The van der Waals surface area contributed by atoms with E-state index in [4.69, 9.17) is 5.73 Å². The van der Waals surface area contributed by atoms with Crippen molar-refractivity contribution in [3.8, 4) is 11.4 Å². The second-order valence-electron chi connectivity index (χ2n) is 4.06. The number of aromatic nitrogens is 2. The Morgan fingerprint density at radius 2 is 2.06 bits per heavy atom. The van der Waals surface area contributed by atoms with Crippen molar-refractivity contribution in [2.75, 3.05) is 0 Å². The van der Waals surface area contributed by atoms with Gasteiger partial charge in [-0.05, 0) is 18.1 Å². The Bertz CT molecular complexity index is 450. The minimum atomic E-state index is 0.0162. The second-order valence-corrected chi connectivity index (χ2v) is 4.95. The van der Waals surface area contributed by atoms with Crippen LogP contribution < -0.4 is 5.73 Å². The molecule has 2 heterocycles. The van der Waals surface area contributed by atoms with Crippen LogP contribution in [0.2, 0.25) is 0 Å². The minimum absolute atomic E-state index is 0.0162. The lowest BCUT2D eigenvalue weighted by Gasteiger charge is -2.11. The van der Waals surface area contributed by atoms with Crippen molar-refractivity contribution < 1.29 is 0 Å². The van der Waals surface area contributed by atoms with Gasteiger partial charge in [0.1, 0.15) is 5.01 Å². The van der Waals surface area contributed by atoms with Crippen LogP contribution in [0.25, 0.3) is 11.4 Å². The van der Waals surface area contributed by atoms with E-state index < -0.39 is 0 Å². The predicted octanol–water partition coefficient (Wildman–Crippen LogP) is 2.86. The topological polar surface area (TPSA) is 51.8 Å². The highest BCUT2D eigenvalue weighted by Gasteiger charge is 2.15. The molecule has 0 saturated heterocycles. The summed E-state index contributed by atoms with van der Waals surface area (Å²) in [5, 5.41) is 3.00. The van der Waals surface area contributed by atoms with Gasteiger partial charge in [-0.2, -0.15) is 0 Å². The molecule has 0 spiro atoms. The smallest absolute Gasteiger partial charge is 0.110 e. The highest BCUT2D eigenvalue weighted by molar-refractivity contribution is 7.10. The van der Waals surface area contributed by atoms with Gasteiger partial charge in [0.25, 0.3) is 0 Å². The van der Waals surface area contributed by atoms with Crippen molar-refractivity contribution in [1.29, 1.82) is 0 Å². The molecule has 0 fully saturated rings. The van der Waals surface area contributed by atoms with E-state index in [9.17, 15) is 0 Å². The molecule has 2 rings (SSSR count). The number of nitrogens with two attached hydrogens (primary N) is 1. The summed E-state index contributed by atoms with van der Waals surface area (Å²) in [6.07, 6.45) is 1.77. The van der Waals surface area contributed by atoms with Gasteiger partial charge in [0.15, 0.2) is 0 Å². The van der Waals surface area contributed by atoms with Crippen LogP contribution in [-0.2, 0) is 0 Å². The van der Waals surface area contributed by atoms with E-state index >= 15 is 0 Å². The average Bonchev–Trinajstić information content (AvgIpc) is 2.78. The lowest BCUT2D eigenvalue weighted by atomic mass is 10.1. The predicted molar refractivity (Wildman–Crippen MR) is 67.1 cm³/mol. The van der Waals surface area contributed by atoms with E-state index in [0.717, 1.165) is 16.4 Å². The van der Waals surface area contributed by atoms with E-state index in [1.807, 2.05) is 23.6 Å². The first kappa shape index (κ1) is 11.2. The van der Waals surface area contributed by atoms with Crippen LogP contribution in [0, 0.1) is 5.92 Å². The second kappa shape index (κ2) is 4.72. The van der Waals surface area contributed by atoms with E-state index in [0.29, 0.717) is 5.92 Å². The fourth-order valence-electron chi connectivity index (χ4n) is 1.36. The van der Waals surface area contributed by atoms with Gasteiger partial charge in [0.05, 0.1) is 17.4 Å². The molecule has 4 heteroatoms. The van der Waals surface area contributed by atoms with Gasteiger partial charge in [-0.1, -0.05) is 19.9 Å². The number of nitrogens with zero attached hydrogens (tertiary/aromatic N) is 2. The van der Waals surface area contributed by atoms with Crippen LogP contribution >= 0.6 is 11.3 Å². The van der Waals surface area contributed by atoms with Gasteiger partial charge in [-0.15, -0.1) is 11.3 Å². The van der Waals surface area contributed by atoms with Gasteiger partial charge >= 0.3 is 0 Å². The Morgan fingerprint density at radius 3 is 2.69 bits per heavy atom. The summed E-state index contributed by atoms with van der Waals surface area (Å²) >= 11 is 1.60. The maximum Gasteiger partial charge on any atom is 0.110 e. The summed E-state index contributed by atoms with van der Waals surface area (Å²) < 4.78 is 0. The summed E-state index contributed by atoms with van der Waals surface area (Å²) in [4.78, 5) is 8.80. The Balaban J connectivity index is 2.27. The molecule has 0 saturated carbocycles. The number of pyridine rings is 1. The normalized spacial score (nSPS) is 13.0. The number of thiazole rings is 1. The molecular weight excluding hydrogens is 218 g/mol. The quantitative estimate of drug-likeness (QED) is 0.886. The standard InChI is InChI=1S/C12H15N3S/c1-8(2)11(13)12-15-10(7-16-12)9-5-3-4-6-14-9/h3-8,11H,13H2,1-2H3. The number of rotatable bonds is 3. The van der Waals surface area contributed by atoms with Crippen molar-refractivity contribution in [3.63, 3.8) is 0 Å². The molecule has 0 amide bonds. The van der Waals surface area contributed by atoms with Crippen molar-refractivity contribution in [2.45, 2.75) is 19.9 Å².